The first kappa shape index (κ1) is 15.3. The number of carbonyl (C=O) groups is 1. The third-order valence-electron chi connectivity index (χ3n) is 3.48. The van der Waals surface area contributed by atoms with E-state index in [0.29, 0.717) is 18.7 Å². The Morgan fingerprint density at radius 2 is 2.25 bits per heavy atom. The van der Waals surface area contributed by atoms with Crippen LogP contribution in [0, 0.1) is 11.3 Å². The van der Waals surface area contributed by atoms with Crippen molar-refractivity contribution in [3.8, 4) is 6.07 Å². The molecule has 1 amide bonds. The van der Waals surface area contributed by atoms with Crippen molar-refractivity contribution < 1.29 is 9.53 Å². The molecule has 7 heteroatoms. The molecule has 6 nitrogen and oxygen atoms in total. The molecular weight excluding hydrogens is 276 g/mol. The molecule has 2 rings (SSSR count). The molecule has 0 aromatic carbocycles. The average Bonchev–Trinajstić information content (AvgIpc) is 2.78. The van der Waals surface area contributed by atoms with Crippen molar-refractivity contribution in [3.63, 3.8) is 0 Å². The summed E-state index contributed by atoms with van der Waals surface area (Å²) in [6.07, 6.45) is 0. The zero-order valence-corrected chi connectivity index (χ0v) is 12.5. The van der Waals surface area contributed by atoms with Crippen LogP contribution in [0.25, 0.3) is 0 Å². The van der Waals surface area contributed by atoms with Gasteiger partial charge in [-0.05, 0) is 6.92 Å². The summed E-state index contributed by atoms with van der Waals surface area (Å²) in [5, 5.41) is 9.72. The summed E-state index contributed by atoms with van der Waals surface area (Å²) >= 11 is 1.47. The van der Waals surface area contributed by atoms with Gasteiger partial charge in [0.15, 0.2) is 0 Å². The highest BCUT2D eigenvalue weighted by atomic mass is 32.2. The number of thioether (sulfide) groups is 1. The van der Waals surface area contributed by atoms with E-state index in [1.807, 2.05) is 6.92 Å². The molecular formula is C13H20N4O2S. The summed E-state index contributed by atoms with van der Waals surface area (Å²) in [4.78, 5) is 16.3. The van der Waals surface area contributed by atoms with E-state index in [9.17, 15) is 4.79 Å². The summed E-state index contributed by atoms with van der Waals surface area (Å²) in [6.45, 7) is 6.53. The van der Waals surface area contributed by atoms with Crippen LogP contribution in [0.15, 0.2) is 10.6 Å². The van der Waals surface area contributed by atoms with Gasteiger partial charge in [-0.2, -0.15) is 5.26 Å². The third kappa shape index (κ3) is 3.15. The lowest BCUT2D eigenvalue weighted by Gasteiger charge is -2.27. The lowest BCUT2D eigenvalue weighted by Crippen LogP contribution is -2.42. The molecule has 0 spiro atoms. The molecule has 0 bridgehead atoms. The van der Waals surface area contributed by atoms with Crippen LogP contribution >= 0.6 is 11.8 Å². The van der Waals surface area contributed by atoms with Crippen LogP contribution in [0.5, 0.6) is 0 Å². The predicted octanol–water partition coefficient (Wildman–Crippen LogP) is -0.0236. The standard InChI is InChI=1S/C13H20N4O2S/c1-2-17-12(18)11(9-16-3-5-19-6-4-16)20-13(17)10(7-14)8-15/h11H,2-7,9,14H2,1H3/b13-10-/t11-/m1/s1. The minimum Gasteiger partial charge on any atom is -0.379 e. The van der Waals surface area contributed by atoms with Gasteiger partial charge >= 0.3 is 0 Å². The second-order valence-electron chi connectivity index (χ2n) is 4.70. The number of amides is 1. The molecule has 2 aliphatic heterocycles. The second-order valence-corrected chi connectivity index (χ2v) is 5.89. The quantitative estimate of drug-likeness (QED) is 0.734. The van der Waals surface area contributed by atoms with Gasteiger partial charge in [0.2, 0.25) is 5.91 Å². The molecule has 2 saturated heterocycles. The van der Waals surface area contributed by atoms with E-state index < -0.39 is 0 Å². The lowest BCUT2D eigenvalue weighted by molar-refractivity contribution is -0.127. The molecule has 0 unspecified atom stereocenters. The monoisotopic (exact) mass is 296 g/mol. The summed E-state index contributed by atoms with van der Waals surface area (Å²) in [5.41, 5.74) is 6.09. The Morgan fingerprint density at radius 1 is 1.55 bits per heavy atom. The first-order valence-corrected chi connectivity index (χ1v) is 7.70. The average molecular weight is 296 g/mol. The van der Waals surface area contributed by atoms with Crippen LogP contribution in [0.1, 0.15) is 6.92 Å². The Morgan fingerprint density at radius 3 is 2.80 bits per heavy atom. The van der Waals surface area contributed by atoms with Crippen LogP contribution in [-0.2, 0) is 9.53 Å². The number of nitriles is 1. The fraction of sp³-hybridized carbons (Fsp3) is 0.692. The van der Waals surface area contributed by atoms with Crippen LogP contribution in [0.3, 0.4) is 0 Å². The van der Waals surface area contributed by atoms with Gasteiger partial charge in [0.25, 0.3) is 0 Å². The number of hydrogen-bond acceptors (Lipinski definition) is 6. The Balaban J connectivity index is 2.11. The zero-order valence-electron chi connectivity index (χ0n) is 11.7. The van der Waals surface area contributed by atoms with Crippen molar-refractivity contribution in [3.05, 3.63) is 10.6 Å². The Hall–Kier alpha value is -1.07. The molecule has 0 aromatic heterocycles. The largest absolute Gasteiger partial charge is 0.379 e. The molecule has 0 aliphatic carbocycles. The van der Waals surface area contributed by atoms with Gasteiger partial charge in [-0.3, -0.25) is 9.69 Å². The normalized spacial score (nSPS) is 26.8. The van der Waals surface area contributed by atoms with Gasteiger partial charge in [0.1, 0.15) is 5.25 Å². The van der Waals surface area contributed by atoms with Crippen molar-refractivity contribution >= 4 is 17.7 Å². The lowest BCUT2D eigenvalue weighted by atomic mass is 10.2. The first-order valence-electron chi connectivity index (χ1n) is 6.82. The van der Waals surface area contributed by atoms with Crippen molar-refractivity contribution in [2.75, 3.05) is 45.9 Å². The minimum atomic E-state index is -0.141. The van der Waals surface area contributed by atoms with Gasteiger partial charge in [0, 0.05) is 32.7 Å². The number of morpholine rings is 1. The van der Waals surface area contributed by atoms with E-state index >= 15 is 0 Å². The van der Waals surface area contributed by atoms with Crippen LogP contribution in [0.2, 0.25) is 0 Å². The van der Waals surface area contributed by atoms with E-state index in [4.69, 9.17) is 15.7 Å². The van der Waals surface area contributed by atoms with Crippen LogP contribution in [0.4, 0.5) is 0 Å². The molecule has 20 heavy (non-hydrogen) atoms. The van der Waals surface area contributed by atoms with Gasteiger partial charge in [-0.15, -0.1) is 0 Å². The highest BCUT2D eigenvalue weighted by Gasteiger charge is 2.38. The third-order valence-corrected chi connectivity index (χ3v) is 4.81. The van der Waals surface area contributed by atoms with Crippen molar-refractivity contribution in [2.45, 2.75) is 12.2 Å². The smallest absolute Gasteiger partial charge is 0.242 e. The van der Waals surface area contributed by atoms with Gasteiger partial charge in [0.05, 0.1) is 29.9 Å². The number of rotatable bonds is 4. The minimum absolute atomic E-state index is 0.0835. The topological polar surface area (TPSA) is 82.6 Å². The first-order chi connectivity index (χ1) is 9.71. The summed E-state index contributed by atoms with van der Waals surface area (Å²) < 4.78 is 5.31. The number of ether oxygens (including phenoxy) is 1. The maximum absolute atomic E-state index is 12.4. The van der Waals surface area contributed by atoms with Crippen molar-refractivity contribution in [1.82, 2.24) is 9.80 Å². The summed E-state index contributed by atoms with van der Waals surface area (Å²) in [6, 6.07) is 2.11. The molecule has 1 atom stereocenters. The maximum Gasteiger partial charge on any atom is 0.242 e. The number of nitrogens with zero attached hydrogens (tertiary/aromatic N) is 3. The number of nitrogens with two attached hydrogens (primary N) is 1. The van der Waals surface area contributed by atoms with Gasteiger partial charge in [-0.25, -0.2) is 0 Å². The predicted molar refractivity (Wildman–Crippen MR) is 77.7 cm³/mol. The van der Waals surface area contributed by atoms with Gasteiger partial charge in [-0.1, -0.05) is 11.8 Å². The Kier molecular flexibility index (Phi) is 5.43. The molecule has 2 N–H and O–H groups in total. The number of carbonyl (C=O) groups excluding carboxylic acids is 1. The number of hydrogen-bond donors (Lipinski definition) is 1. The van der Waals surface area contributed by atoms with E-state index in [1.165, 1.54) is 11.8 Å². The van der Waals surface area contributed by atoms with Gasteiger partial charge < -0.3 is 15.4 Å². The molecule has 110 valence electrons. The fourth-order valence-electron chi connectivity index (χ4n) is 2.37. The van der Waals surface area contributed by atoms with Crippen molar-refractivity contribution in [2.24, 2.45) is 5.73 Å². The fourth-order valence-corrected chi connectivity index (χ4v) is 3.77. The zero-order chi connectivity index (χ0) is 14.5. The summed E-state index contributed by atoms with van der Waals surface area (Å²) in [5.74, 6) is 0.0835. The molecule has 0 saturated carbocycles. The molecule has 2 fully saturated rings. The highest BCUT2D eigenvalue weighted by Crippen LogP contribution is 2.37. The van der Waals surface area contributed by atoms with E-state index in [-0.39, 0.29) is 17.7 Å². The van der Waals surface area contributed by atoms with Crippen molar-refractivity contribution in [1.29, 1.82) is 5.26 Å². The van der Waals surface area contributed by atoms with Crippen LogP contribution < -0.4 is 5.73 Å². The van der Waals surface area contributed by atoms with E-state index in [2.05, 4.69) is 11.0 Å². The van der Waals surface area contributed by atoms with E-state index in [0.717, 1.165) is 31.3 Å². The SMILES string of the molecule is CCN1C(=O)[C@@H](CN2CCOCC2)S/C1=C(\C#N)CN. The molecule has 2 aliphatic rings. The Labute approximate surface area is 123 Å². The maximum atomic E-state index is 12.4. The summed E-state index contributed by atoms with van der Waals surface area (Å²) in [7, 11) is 0. The molecule has 0 aromatic rings. The molecule has 0 radical (unpaired) electrons. The Bertz CT molecular complexity index is 440. The molecule has 2 heterocycles. The van der Waals surface area contributed by atoms with Crippen LogP contribution in [-0.4, -0.2) is 66.9 Å². The van der Waals surface area contributed by atoms with E-state index in [1.54, 1.807) is 4.90 Å². The second kappa shape index (κ2) is 7.09. The highest BCUT2D eigenvalue weighted by molar-refractivity contribution is 8.04.